The van der Waals surface area contributed by atoms with Crippen LogP contribution in [0.15, 0.2) is 23.3 Å². The minimum atomic E-state index is -0.923. The Bertz CT molecular complexity index is 249. The number of hydrogen-bond donors (Lipinski definition) is 1. The molecule has 0 bridgehead atoms. The molecule has 0 aliphatic heterocycles. The van der Waals surface area contributed by atoms with Crippen molar-refractivity contribution in [3.8, 4) is 0 Å². The number of carboxylic acids is 1. The second-order valence-electron chi connectivity index (χ2n) is 2.93. The van der Waals surface area contributed by atoms with Crippen LogP contribution >= 0.6 is 0 Å². The lowest BCUT2D eigenvalue weighted by Crippen LogP contribution is -1.89. The molecule has 0 rings (SSSR count). The van der Waals surface area contributed by atoms with Crippen molar-refractivity contribution in [2.24, 2.45) is 0 Å². The maximum Gasteiger partial charge on any atom is 0.328 e. The first-order valence-corrected chi connectivity index (χ1v) is 4.08. The van der Waals surface area contributed by atoms with E-state index in [2.05, 4.69) is 0 Å². The molecule has 0 aromatic carbocycles. The number of aliphatic carboxylic acids is 1. The smallest absolute Gasteiger partial charge is 0.328 e. The van der Waals surface area contributed by atoms with Gasteiger partial charge < -0.3 is 5.11 Å². The molecular formula is C10H14O3. The van der Waals surface area contributed by atoms with Gasteiger partial charge in [-0.25, -0.2) is 4.79 Å². The van der Waals surface area contributed by atoms with Crippen molar-refractivity contribution in [2.45, 2.75) is 26.7 Å². The van der Waals surface area contributed by atoms with Gasteiger partial charge in [0.05, 0.1) is 0 Å². The molecule has 0 amide bonds. The summed E-state index contributed by atoms with van der Waals surface area (Å²) in [6.45, 7) is 3.49. The molecule has 0 saturated carbocycles. The fourth-order valence-electron chi connectivity index (χ4n) is 0.859. The largest absolute Gasteiger partial charge is 0.478 e. The maximum atomic E-state index is 10.2. The molecule has 0 atom stereocenters. The summed E-state index contributed by atoms with van der Waals surface area (Å²) in [5.74, 6) is -0.923. The van der Waals surface area contributed by atoms with Crippen molar-refractivity contribution in [1.82, 2.24) is 0 Å². The van der Waals surface area contributed by atoms with Gasteiger partial charge in [-0.15, -0.1) is 0 Å². The van der Waals surface area contributed by atoms with Crippen LogP contribution in [0, 0.1) is 0 Å². The van der Waals surface area contributed by atoms with Crippen LogP contribution in [0.2, 0.25) is 0 Å². The molecule has 0 aromatic heterocycles. The topological polar surface area (TPSA) is 54.4 Å². The zero-order valence-corrected chi connectivity index (χ0v) is 7.91. The predicted octanol–water partition coefficient (Wildman–Crippen LogP) is 1.94. The summed E-state index contributed by atoms with van der Waals surface area (Å²) in [5, 5.41) is 8.39. The monoisotopic (exact) mass is 182 g/mol. The first-order valence-electron chi connectivity index (χ1n) is 4.08. The van der Waals surface area contributed by atoms with Gasteiger partial charge in [0.2, 0.25) is 0 Å². The molecule has 0 fully saturated rings. The SMILES string of the molecule is C/C(C=O)=C/CC/C(C)=C/C(=O)O. The summed E-state index contributed by atoms with van der Waals surface area (Å²) in [6.07, 6.45) is 5.16. The van der Waals surface area contributed by atoms with Crippen LogP contribution in [-0.4, -0.2) is 17.4 Å². The number of hydrogen-bond acceptors (Lipinski definition) is 2. The van der Waals surface area contributed by atoms with Gasteiger partial charge in [-0.3, -0.25) is 4.79 Å². The molecular weight excluding hydrogens is 168 g/mol. The number of rotatable bonds is 5. The first kappa shape index (κ1) is 11.6. The van der Waals surface area contributed by atoms with Crippen LogP contribution in [0.5, 0.6) is 0 Å². The van der Waals surface area contributed by atoms with Crippen LogP contribution in [0.3, 0.4) is 0 Å². The third-order valence-electron chi connectivity index (χ3n) is 1.56. The fraction of sp³-hybridized carbons (Fsp3) is 0.400. The highest BCUT2D eigenvalue weighted by atomic mass is 16.4. The third-order valence-corrected chi connectivity index (χ3v) is 1.56. The van der Waals surface area contributed by atoms with E-state index < -0.39 is 5.97 Å². The first-order chi connectivity index (χ1) is 6.06. The van der Waals surface area contributed by atoms with Crippen molar-refractivity contribution in [3.05, 3.63) is 23.3 Å². The normalized spacial score (nSPS) is 12.8. The van der Waals surface area contributed by atoms with E-state index in [1.54, 1.807) is 19.9 Å². The molecule has 1 N–H and O–H groups in total. The van der Waals surface area contributed by atoms with Gasteiger partial charge in [-0.1, -0.05) is 11.6 Å². The number of carboxylic acid groups (broad SMARTS) is 1. The molecule has 72 valence electrons. The lowest BCUT2D eigenvalue weighted by molar-refractivity contribution is -0.131. The van der Waals surface area contributed by atoms with Crippen molar-refractivity contribution < 1.29 is 14.7 Å². The Morgan fingerprint density at radius 1 is 1.38 bits per heavy atom. The average molecular weight is 182 g/mol. The van der Waals surface area contributed by atoms with Gasteiger partial charge >= 0.3 is 5.97 Å². The Morgan fingerprint density at radius 2 is 2.00 bits per heavy atom. The third kappa shape index (κ3) is 7.00. The number of carbonyl (C=O) groups excluding carboxylic acids is 1. The number of carbonyl (C=O) groups is 2. The van der Waals surface area contributed by atoms with Crippen LogP contribution in [0.1, 0.15) is 26.7 Å². The average Bonchev–Trinajstić information content (AvgIpc) is 2.02. The Morgan fingerprint density at radius 3 is 2.46 bits per heavy atom. The molecule has 0 spiro atoms. The molecule has 0 aromatic rings. The highest BCUT2D eigenvalue weighted by Gasteiger charge is 1.93. The van der Waals surface area contributed by atoms with Crippen molar-refractivity contribution in [3.63, 3.8) is 0 Å². The second-order valence-corrected chi connectivity index (χ2v) is 2.93. The Labute approximate surface area is 77.8 Å². The van der Waals surface area contributed by atoms with Gasteiger partial charge in [0.25, 0.3) is 0 Å². The van der Waals surface area contributed by atoms with Crippen LogP contribution in [0.4, 0.5) is 0 Å². The minimum absolute atomic E-state index is 0.678. The van der Waals surface area contributed by atoms with E-state index in [1.165, 1.54) is 6.08 Å². The molecule has 0 aliphatic rings. The Kier molecular flexibility index (Phi) is 5.52. The molecule has 3 heteroatoms. The lowest BCUT2D eigenvalue weighted by atomic mass is 10.1. The van der Waals surface area contributed by atoms with E-state index in [4.69, 9.17) is 5.11 Å². The summed E-state index contributed by atoms with van der Waals surface area (Å²) in [7, 11) is 0. The van der Waals surface area contributed by atoms with Gasteiger partial charge in [-0.2, -0.15) is 0 Å². The van der Waals surface area contributed by atoms with E-state index in [0.29, 0.717) is 18.4 Å². The molecule has 0 radical (unpaired) electrons. The summed E-state index contributed by atoms with van der Waals surface area (Å²) in [4.78, 5) is 20.4. The molecule has 13 heavy (non-hydrogen) atoms. The van der Waals surface area contributed by atoms with E-state index in [0.717, 1.165) is 11.9 Å². The molecule has 0 unspecified atom stereocenters. The summed E-state index contributed by atoms with van der Waals surface area (Å²) >= 11 is 0. The Hall–Kier alpha value is -1.38. The van der Waals surface area contributed by atoms with Crippen molar-refractivity contribution in [2.75, 3.05) is 0 Å². The van der Waals surface area contributed by atoms with Gasteiger partial charge in [-0.05, 0) is 32.3 Å². The highest BCUT2D eigenvalue weighted by Crippen LogP contribution is 2.05. The number of allylic oxidation sites excluding steroid dienone is 3. The van der Waals surface area contributed by atoms with Gasteiger partial charge in [0.1, 0.15) is 6.29 Å². The molecule has 0 heterocycles. The second kappa shape index (κ2) is 6.17. The predicted molar refractivity (Wildman–Crippen MR) is 50.4 cm³/mol. The van der Waals surface area contributed by atoms with Crippen molar-refractivity contribution >= 4 is 12.3 Å². The Balaban J connectivity index is 3.90. The van der Waals surface area contributed by atoms with E-state index in [-0.39, 0.29) is 0 Å². The summed E-state index contributed by atoms with van der Waals surface area (Å²) in [5.41, 5.74) is 1.49. The minimum Gasteiger partial charge on any atom is -0.478 e. The quantitative estimate of drug-likeness (QED) is 0.522. The van der Waals surface area contributed by atoms with E-state index in [9.17, 15) is 9.59 Å². The molecule has 0 saturated heterocycles. The summed E-state index contributed by atoms with van der Waals surface area (Å²) in [6, 6.07) is 0. The zero-order chi connectivity index (χ0) is 10.3. The van der Waals surface area contributed by atoms with E-state index >= 15 is 0 Å². The zero-order valence-electron chi connectivity index (χ0n) is 7.91. The highest BCUT2D eigenvalue weighted by molar-refractivity contribution is 5.80. The van der Waals surface area contributed by atoms with Gasteiger partial charge in [0, 0.05) is 6.08 Å². The van der Waals surface area contributed by atoms with Gasteiger partial charge in [0.15, 0.2) is 0 Å². The fourth-order valence-corrected chi connectivity index (χ4v) is 0.859. The van der Waals surface area contributed by atoms with Crippen molar-refractivity contribution in [1.29, 1.82) is 0 Å². The summed E-state index contributed by atoms with van der Waals surface area (Å²) < 4.78 is 0. The number of aldehydes is 1. The standard InChI is InChI=1S/C10H14O3/c1-8(6-10(12)13)4-3-5-9(2)7-11/h5-7H,3-4H2,1-2H3,(H,12,13)/b8-6+,9-5-. The van der Waals surface area contributed by atoms with Crippen LogP contribution in [-0.2, 0) is 9.59 Å². The lowest BCUT2D eigenvalue weighted by Gasteiger charge is -1.95. The van der Waals surface area contributed by atoms with E-state index in [1.807, 2.05) is 0 Å². The maximum absolute atomic E-state index is 10.2. The molecule has 3 nitrogen and oxygen atoms in total. The van der Waals surface area contributed by atoms with Crippen LogP contribution < -0.4 is 0 Å². The van der Waals surface area contributed by atoms with Crippen LogP contribution in [0.25, 0.3) is 0 Å². The molecule has 0 aliphatic carbocycles.